The first-order valence-electron chi connectivity index (χ1n) is 2.75. The Morgan fingerprint density at radius 2 is 1.91 bits per heavy atom. The number of benzene rings is 1. The Morgan fingerprint density at radius 3 is 2.45 bits per heavy atom. The largest absolute Gasteiger partial charge is 0.298 e. The fourth-order valence-corrected chi connectivity index (χ4v) is 1.72. The van der Waals surface area contributed by atoms with Crippen molar-refractivity contribution in [2.75, 3.05) is 0 Å². The molecule has 11 heavy (non-hydrogen) atoms. The zero-order valence-corrected chi connectivity index (χ0v) is 9.20. The molecule has 0 amide bonds. The fourth-order valence-electron chi connectivity index (χ4n) is 0.628. The molecule has 0 heterocycles. The molecular formula is C7H3Br2ClO. The third-order valence-electron chi connectivity index (χ3n) is 1.17. The van der Waals surface area contributed by atoms with E-state index in [1.807, 2.05) is 0 Å². The van der Waals surface area contributed by atoms with E-state index in [0.717, 1.165) is 10.8 Å². The second-order valence-electron chi connectivity index (χ2n) is 1.91. The second kappa shape index (κ2) is 3.70. The Morgan fingerprint density at radius 1 is 1.27 bits per heavy atom. The van der Waals surface area contributed by atoms with E-state index in [2.05, 4.69) is 31.9 Å². The van der Waals surface area contributed by atoms with Crippen LogP contribution in [0.4, 0.5) is 0 Å². The molecule has 0 radical (unpaired) electrons. The average molecular weight is 298 g/mol. The van der Waals surface area contributed by atoms with Crippen molar-refractivity contribution in [3.05, 3.63) is 31.7 Å². The molecule has 0 saturated carbocycles. The molecule has 0 bridgehead atoms. The lowest BCUT2D eigenvalue weighted by Crippen LogP contribution is -1.82. The van der Waals surface area contributed by atoms with Crippen LogP contribution < -0.4 is 0 Å². The van der Waals surface area contributed by atoms with Crippen molar-refractivity contribution in [2.24, 2.45) is 0 Å². The molecule has 1 aromatic rings. The molecule has 0 saturated heterocycles. The Hall–Kier alpha value is 0.140. The van der Waals surface area contributed by atoms with Crippen molar-refractivity contribution >= 4 is 49.7 Å². The monoisotopic (exact) mass is 296 g/mol. The number of carbonyl (C=O) groups excluding carboxylic acids is 1. The Labute approximate surface area is 86.0 Å². The minimum Gasteiger partial charge on any atom is -0.298 e. The van der Waals surface area contributed by atoms with Crippen LogP contribution in [0, 0.1) is 0 Å². The predicted molar refractivity (Wildman–Crippen MR) is 52.2 cm³/mol. The number of hydrogen-bond acceptors (Lipinski definition) is 1. The molecule has 4 heteroatoms. The topological polar surface area (TPSA) is 17.1 Å². The summed E-state index contributed by atoms with van der Waals surface area (Å²) >= 11 is 12.2. The SMILES string of the molecule is O=Cc1cc(Br)c(Cl)cc1Br. The minimum atomic E-state index is 0.585. The van der Waals surface area contributed by atoms with Gasteiger partial charge in [0, 0.05) is 14.5 Å². The standard InChI is InChI=1S/C7H3Br2ClO/c8-5-2-7(10)6(9)1-4(5)3-11/h1-3H. The first kappa shape index (κ1) is 9.23. The minimum absolute atomic E-state index is 0.585. The third-order valence-corrected chi connectivity index (χ3v) is 3.05. The zero-order valence-electron chi connectivity index (χ0n) is 5.27. The second-order valence-corrected chi connectivity index (χ2v) is 4.02. The number of rotatable bonds is 1. The van der Waals surface area contributed by atoms with Gasteiger partial charge in [0.2, 0.25) is 0 Å². The summed E-state index contributed by atoms with van der Waals surface area (Å²) in [5.74, 6) is 0. The number of halogens is 3. The van der Waals surface area contributed by atoms with Crippen LogP contribution in [0.25, 0.3) is 0 Å². The molecule has 0 spiro atoms. The number of aldehydes is 1. The highest BCUT2D eigenvalue weighted by Gasteiger charge is 2.03. The van der Waals surface area contributed by atoms with Gasteiger partial charge >= 0.3 is 0 Å². The molecule has 0 fully saturated rings. The molecule has 0 aromatic heterocycles. The van der Waals surface area contributed by atoms with Crippen molar-refractivity contribution in [1.82, 2.24) is 0 Å². The summed E-state index contributed by atoms with van der Waals surface area (Å²) in [5.41, 5.74) is 0.585. The molecule has 0 atom stereocenters. The lowest BCUT2D eigenvalue weighted by atomic mass is 10.2. The highest BCUT2D eigenvalue weighted by Crippen LogP contribution is 2.28. The summed E-state index contributed by atoms with van der Waals surface area (Å²) in [5, 5.41) is 0.586. The summed E-state index contributed by atoms with van der Waals surface area (Å²) in [7, 11) is 0. The molecule has 1 nitrogen and oxygen atoms in total. The molecule has 0 aliphatic carbocycles. The Balaban J connectivity index is 3.31. The van der Waals surface area contributed by atoms with E-state index in [-0.39, 0.29) is 0 Å². The van der Waals surface area contributed by atoms with Crippen LogP contribution in [-0.2, 0) is 0 Å². The lowest BCUT2D eigenvalue weighted by molar-refractivity contribution is 0.112. The molecule has 0 aliphatic heterocycles. The van der Waals surface area contributed by atoms with Crippen molar-refractivity contribution in [2.45, 2.75) is 0 Å². The predicted octanol–water partition coefficient (Wildman–Crippen LogP) is 3.68. The van der Waals surface area contributed by atoms with Crippen LogP contribution in [0.5, 0.6) is 0 Å². The van der Waals surface area contributed by atoms with Gasteiger partial charge in [-0.05, 0) is 28.1 Å². The van der Waals surface area contributed by atoms with Crippen molar-refractivity contribution in [1.29, 1.82) is 0 Å². The van der Waals surface area contributed by atoms with Gasteiger partial charge < -0.3 is 0 Å². The lowest BCUT2D eigenvalue weighted by Gasteiger charge is -1.98. The molecule has 1 rings (SSSR count). The van der Waals surface area contributed by atoms with E-state index < -0.39 is 0 Å². The number of hydrogen-bond donors (Lipinski definition) is 0. The Kier molecular flexibility index (Phi) is 3.10. The van der Waals surface area contributed by atoms with Crippen LogP contribution in [0.2, 0.25) is 5.02 Å². The van der Waals surface area contributed by atoms with Gasteiger partial charge in [0.25, 0.3) is 0 Å². The van der Waals surface area contributed by atoms with Crippen molar-refractivity contribution in [3.8, 4) is 0 Å². The van der Waals surface area contributed by atoms with Crippen LogP contribution >= 0.6 is 43.5 Å². The van der Waals surface area contributed by atoms with Crippen LogP contribution in [-0.4, -0.2) is 6.29 Å². The molecule has 0 unspecified atom stereocenters. The summed E-state index contributed by atoms with van der Waals surface area (Å²) in [6.07, 6.45) is 0.769. The zero-order chi connectivity index (χ0) is 8.43. The van der Waals surface area contributed by atoms with Crippen LogP contribution in [0.1, 0.15) is 10.4 Å². The van der Waals surface area contributed by atoms with Crippen molar-refractivity contribution in [3.63, 3.8) is 0 Å². The van der Waals surface area contributed by atoms with E-state index in [9.17, 15) is 4.79 Å². The van der Waals surface area contributed by atoms with Gasteiger partial charge in [-0.25, -0.2) is 0 Å². The molecule has 1 aromatic carbocycles. The highest BCUT2D eigenvalue weighted by molar-refractivity contribution is 9.11. The van der Waals surface area contributed by atoms with Crippen molar-refractivity contribution < 1.29 is 4.79 Å². The first-order valence-corrected chi connectivity index (χ1v) is 4.71. The van der Waals surface area contributed by atoms with Gasteiger partial charge in [0.1, 0.15) is 0 Å². The van der Waals surface area contributed by atoms with E-state index in [0.29, 0.717) is 15.1 Å². The van der Waals surface area contributed by atoms with Gasteiger partial charge in [0.15, 0.2) is 6.29 Å². The highest BCUT2D eigenvalue weighted by atomic mass is 79.9. The van der Waals surface area contributed by atoms with Crippen LogP contribution in [0.15, 0.2) is 21.1 Å². The molecule has 58 valence electrons. The van der Waals surface area contributed by atoms with Crippen LogP contribution in [0.3, 0.4) is 0 Å². The molecule has 0 N–H and O–H groups in total. The summed E-state index contributed by atoms with van der Waals surface area (Å²) in [4.78, 5) is 10.4. The van der Waals surface area contributed by atoms with E-state index in [1.165, 1.54) is 0 Å². The molecular weight excluding hydrogens is 295 g/mol. The van der Waals surface area contributed by atoms with Gasteiger partial charge in [0.05, 0.1) is 5.02 Å². The summed E-state index contributed by atoms with van der Waals surface area (Å²) in [6, 6.07) is 3.34. The smallest absolute Gasteiger partial charge is 0.151 e. The first-order chi connectivity index (χ1) is 5.15. The van der Waals surface area contributed by atoms with E-state index >= 15 is 0 Å². The Bertz CT molecular complexity index is 299. The van der Waals surface area contributed by atoms with Gasteiger partial charge in [-0.15, -0.1) is 0 Å². The van der Waals surface area contributed by atoms with Gasteiger partial charge in [-0.2, -0.15) is 0 Å². The molecule has 0 aliphatic rings. The number of carbonyl (C=O) groups is 1. The normalized spacial score (nSPS) is 9.73. The van der Waals surface area contributed by atoms with Gasteiger partial charge in [-0.1, -0.05) is 27.5 Å². The average Bonchev–Trinajstić information content (AvgIpc) is 1.97. The van der Waals surface area contributed by atoms with Gasteiger partial charge in [-0.3, -0.25) is 4.79 Å². The van der Waals surface area contributed by atoms with E-state index in [1.54, 1.807) is 12.1 Å². The fraction of sp³-hybridized carbons (Fsp3) is 0. The maximum atomic E-state index is 10.4. The summed E-state index contributed by atoms with van der Waals surface area (Å²) in [6.45, 7) is 0. The van der Waals surface area contributed by atoms with E-state index in [4.69, 9.17) is 11.6 Å². The maximum Gasteiger partial charge on any atom is 0.151 e. The third kappa shape index (κ3) is 2.04. The summed E-state index contributed by atoms with van der Waals surface area (Å²) < 4.78 is 1.44. The maximum absolute atomic E-state index is 10.4. The quantitative estimate of drug-likeness (QED) is 0.571.